The van der Waals surface area contributed by atoms with E-state index in [4.69, 9.17) is 18.5 Å². The molecule has 0 rings (SSSR count). The van der Waals surface area contributed by atoms with Crippen molar-refractivity contribution >= 4 is 19.8 Å². The van der Waals surface area contributed by atoms with E-state index < -0.39 is 32.5 Å². The second-order valence-corrected chi connectivity index (χ2v) is 18.2. The van der Waals surface area contributed by atoms with Crippen molar-refractivity contribution in [3.63, 3.8) is 0 Å². The fourth-order valence-electron chi connectivity index (χ4n) is 6.16. The Morgan fingerprint density at radius 1 is 0.542 bits per heavy atom. The van der Waals surface area contributed by atoms with Crippen LogP contribution in [0.5, 0.6) is 0 Å². The van der Waals surface area contributed by atoms with Crippen LogP contribution in [-0.4, -0.2) is 70.0 Å². The smallest absolute Gasteiger partial charge is 0.306 e. The zero-order chi connectivity index (χ0) is 43.6. The number of hydrogen-bond acceptors (Lipinski definition) is 8. The number of allylic oxidation sites excluding steroid dienone is 10. The maximum absolute atomic E-state index is 12.7. The lowest BCUT2D eigenvalue weighted by molar-refractivity contribution is -0.870. The van der Waals surface area contributed by atoms with Gasteiger partial charge < -0.3 is 27.9 Å². The van der Waals surface area contributed by atoms with Gasteiger partial charge in [0.15, 0.2) is 6.10 Å². The first-order chi connectivity index (χ1) is 28.5. The summed E-state index contributed by atoms with van der Waals surface area (Å²) in [6.07, 6.45) is 49.7. The molecular weight excluding hydrogens is 762 g/mol. The monoisotopic (exact) mass is 850 g/mol. The average molecular weight is 850 g/mol. The lowest BCUT2D eigenvalue weighted by Gasteiger charge is -2.28. The molecule has 0 aliphatic rings. The predicted molar refractivity (Wildman–Crippen MR) is 245 cm³/mol. The molecule has 0 aromatic rings. The third kappa shape index (κ3) is 45.1. The van der Waals surface area contributed by atoms with E-state index in [0.717, 1.165) is 51.4 Å². The molecule has 0 amide bonds. The number of ether oxygens (including phenoxy) is 2. The molecule has 0 aliphatic heterocycles. The van der Waals surface area contributed by atoms with Crippen LogP contribution in [0.2, 0.25) is 0 Å². The summed E-state index contributed by atoms with van der Waals surface area (Å²) in [5.74, 6) is -0.900. The summed E-state index contributed by atoms with van der Waals surface area (Å²) in [7, 11) is 1.13. The molecule has 0 aromatic heterocycles. The normalized spacial score (nSPS) is 14.1. The summed E-state index contributed by atoms with van der Waals surface area (Å²) in [4.78, 5) is 37.6. The fourth-order valence-corrected chi connectivity index (χ4v) is 6.89. The summed E-state index contributed by atoms with van der Waals surface area (Å²) in [6.45, 7) is 4.06. The predicted octanol–water partition coefficient (Wildman–Crippen LogP) is 13.0. The Hall–Kier alpha value is -2.29. The number of phosphoric acid groups is 1. The van der Waals surface area contributed by atoms with E-state index in [1.807, 2.05) is 27.2 Å². The lowest BCUT2D eigenvalue weighted by Crippen LogP contribution is -2.37. The van der Waals surface area contributed by atoms with Gasteiger partial charge in [-0.2, -0.15) is 0 Å². The molecule has 0 N–H and O–H groups in total. The average Bonchev–Trinajstić information content (AvgIpc) is 3.19. The number of nitrogens with zero attached hydrogens (tertiary/aromatic N) is 1. The second-order valence-electron chi connectivity index (χ2n) is 16.7. The Balaban J connectivity index is 4.39. The molecule has 0 aliphatic carbocycles. The highest BCUT2D eigenvalue weighted by Gasteiger charge is 2.21. The van der Waals surface area contributed by atoms with Crippen molar-refractivity contribution in [3.8, 4) is 0 Å². The van der Waals surface area contributed by atoms with Crippen LogP contribution >= 0.6 is 7.82 Å². The van der Waals surface area contributed by atoms with Gasteiger partial charge in [0.2, 0.25) is 0 Å². The molecule has 0 saturated carbocycles. The molecule has 342 valence electrons. The Morgan fingerprint density at radius 3 is 1.42 bits per heavy atom. The molecule has 0 aromatic carbocycles. The van der Waals surface area contributed by atoms with E-state index in [9.17, 15) is 19.0 Å². The number of esters is 2. The molecule has 59 heavy (non-hydrogen) atoms. The van der Waals surface area contributed by atoms with Crippen LogP contribution in [0, 0.1) is 0 Å². The summed E-state index contributed by atoms with van der Waals surface area (Å²) in [5, 5.41) is 0. The van der Waals surface area contributed by atoms with Crippen LogP contribution in [0.25, 0.3) is 0 Å². The number of hydrogen-bond donors (Lipinski definition) is 0. The van der Waals surface area contributed by atoms with Crippen molar-refractivity contribution in [3.05, 3.63) is 60.8 Å². The molecule has 1 unspecified atom stereocenters. The van der Waals surface area contributed by atoms with Crippen molar-refractivity contribution in [2.75, 3.05) is 47.5 Å². The first-order valence-corrected chi connectivity index (χ1v) is 25.0. The first-order valence-electron chi connectivity index (χ1n) is 23.5. The van der Waals surface area contributed by atoms with Gasteiger partial charge in [-0.3, -0.25) is 14.2 Å². The van der Waals surface area contributed by atoms with Crippen LogP contribution in [0.15, 0.2) is 60.8 Å². The van der Waals surface area contributed by atoms with Crippen molar-refractivity contribution in [2.24, 2.45) is 0 Å². The highest BCUT2D eigenvalue weighted by molar-refractivity contribution is 7.45. The Bertz CT molecular complexity index is 1190. The van der Waals surface area contributed by atoms with Crippen LogP contribution < -0.4 is 4.89 Å². The Morgan fingerprint density at radius 2 is 0.966 bits per heavy atom. The molecule has 0 saturated heterocycles. The standard InChI is InChI=1S/C49H88NO8P/c1-6-8-10-12-14-16-18-20-22-24-26-27-29-31-33-35-37-39-41-48(51)55-45-47(46-57-59(53,54)56-44-43-50(3,4)5)58-49(52)42-40-38-36-34-32-30-28-25-23-21-19-17-15-13-11-9-7-2/h9,11,15,17,21,23,28,30,34,36,47H,6-8,10,12-14,16,18-20,22,24-27,29,31-33,35,37-46H2,1-5H3/b11-9-,17-15-,23-21-,30-28-,36-34-/t47-/m1/s1. The minimum atomic E-state index is -4.64. The second kappa shape index (κ2) is 41.1. The van der Waals surface area contributed by atoms with Gasteiger partial charge in [0.25, 0.3) is 7.82 Å². The van der Waals surface area contributed by atoms with Crippen molar-refractivity contribution in [2.45, 2.75) is 193 Å². The molecule has 0 fully saturated rings. The zero-order valence-corrected chi connectivity index (χ0v) is 39.3. The van der Waals surface area contributed by atoms with E-state index >= 15 is 0 Å². The van der Waals surface area contributed by atoms with E-state index in [0.29, 0.717) is 23.9 Å². The van der Waals surface area contributed by atoms with Crippen molar-refractivity contribution in [1.82, 2.24) is 0 Å². The molecule has 2 atom stereocenters. The van der Waals surface area contributed by atoms with Gasteiger partial charge in [-0.05, 0) is 51.4 Å². The highest BCUT2D eigenvalue weighted by Crippen LogP contribution is 2.38. The third-order valence-corrected chi connectivity index (χ3v) is 10.8. The van der Waals surface area contributed by atoms with Gasteiger partial charge >= 0.3 is 11.9 Å². The number of phosphoric ester groups is 1. The zero-order valence-electron chi connectivity index (χ0n) is 38.4. The molecule has 0 heterocycles. The largest absolute Gasteiger partial charge is 0.756 e. The first kappa shape index (κ1) is 56.7. The molecule has 0 spiro atoms. The molecule has 9 nitrogen and oxygen atoms in total. The topological polar surface area (TPSA) is 111 Å². The fraction of sp³-hybridized carbons (Fsp3) is 0.755. The minimum absolute atomic E-state index is 0.0427. The summed E-state index contributed by atoms with van der Waals surface area (Å²) in [6, 6.07) is 0. The van der Waals surface area contributed by atoms with Crippen LogP contribution in [0.3, 0.4) is 0 Å². The summed E-state index contributed by atoms with van der Waals surface area (Å²) < 4.78 is 33.9. The number of likely N-dealkylation sites (N-methyl/N-ethyl adjacent to an activating group) is 1. The third-order valence-electron chi connectivity index (χ3n) is 9.80. The quantitative estimate of drug-likeness (QED) is 0.0196. The highest BCUT2D eigenvalue weighted by atomic mass is 31.2. The maximum Gasteiger partial charge on any atom is 0.306 e. The number of carbonyl (C=O) groups excluding carboxylic acids is 2. The number of rotatable bonds is 42. The number of unbranched alkanes of at least 4 members (excludes halogenated alkanes) is 18. The van der Waals surface area contributed by atoms with E-state index in [-0.39, 0.29) is 26.1 Å². The SMILES string of the molecule is CC/C=C\C/C=C\C/C=C\C/C=C\C/C=C\CCCC(=O)O[C@H](COC(=O)CCCCCCCCCCCCCCCCCCCC)COP(=O)([O-])OCC[N+](C)(C)C. The Kier molecular flexibility index (Phi) is 39.5. The van der Waals surface area contributed by atoms with Crippen LogP contribution in [0.4, 0.5) is 0 Å². The molecule has 0 radical (unpaired) electrons. The van der Waals surface area contributed by atoms with Gasteiger partial charge in [0.1, 0.15) is 19.8 Å². The van der Waals surface area contributed by atoms with Gasteiger partial charge in [-0.25, -0.2) is 0 Å². The van der Waals surface area contributed by atoms with Gasteiger partial charge in [0, 0.05) is 12.8 Å². The van der Waals surface area contributed by atoms with Gasteiger partial charge in [0.05, 0.1) is 27.7 Å². The molecule has 10 heteroatoms. The maximum atomic E-state index is 12.7. The number of quaternary nitrogens is 1. The van der Waals surface area contributed by atoms with E-state index in [1.54, 1.807) is 0 Å². The van der Waals surface area contributed by atoms with E-state index in [2.05, 4.69) is 68.5 Å². The molecular formula is C49H88NO8P. The minimum Gasteiger partial charge on any atom is -0.756 e. The Labute approximate surface area is 362 Å². The van der Waals surface area contributed by atoms with Crippen molar-refractivity contribution in [1.29, 1.82) is 0 Å². The van der Waals surface area contributed by atoms with E-state index in [1.165, 1.54) is 96.3 Å². The number of carbonyl (C=O) groups is 2. The van der Waals surface area contributed by atoms with Gasteiger partial charge in [-0.1, -0.05) is 184 Å². The van der Waals surface area contributed by atoms with Gasteiger partial charge in [-0.15, -0.1) is 0 Å². The molecule has 0 bridgehead atoms. The summed E-state index contributed by atoms with van der Waals surface area (Å²) >= 11 is 0. The summed E-state index contributed by atoms with van der Waals surface area (Å²) in [5.41, 5.74) is 0. The van der Waals surface area contributed by atoms with Crippen LogP contribution in [0.1, 0.15) is 187 Å². The lowest BCUT2D eigenvalue weighted by atomic mass is 10.0. The van der Waals surface area contributed by atoms with Crippen LogP contribution in [-0.2, 0) is 32.7 Å². The van der Waals surface area contributed by atoms with Crippen molar-refractivity contribution < 1.29 is 42.1 Å².